The third-order valence-electron chi connectivity index (χ3n) is 6.26. The lowest BCUT2D eigenvalue weighted by Crippen LogP contribution is -2.44. The molecule has 1 unspecified atom stereocenters. The lowest BCUT2D eigenvalue weighted by molar-refractivity contribution is 0.0675. The van der Waals surface area contributed by atoms with Crippen molar-refractivity contribution in [1.82, 2.24) is 10.2 Å². The molecule has 2 aromatic carbocycles. The van der Waals surface area contributed by atoms with Crippen LogP contribution in [0.5, 0.6) is 0 Å². The van der Waals surface area contributed by atoms with Gasteiger partial charge in [0.25, 0.3) is 5.91 Å². The van der Waals surface area contributed by atoms with Gasteiger partial charge >= 0.3 is 6.03 Å². The van der Waals surface area contributed by atoms with Crippen molar-refractivity contribution >= 4 is 17.6 Å². The van der Waals surface area contributed by atoms with Crippen LogP contribution in [0.25, 0.3) is 0 Å². The Hall–Kier alpha value is -2.82. The zero-order valence-corrected chi connectivity index (χ0v) is 17.7. The number of anilines is 1. The first-order valence-corrected chi connectivity index (χ1v) is 11.1. The third kappa shape index (κ3) is 5.02. The number of aryl methyl sites for hydroxylation is 3. The second-order valence-electron chi connectivity index (χ2n) is 8.65. The van der Waals surface area contributed by atoms with Crippen LogP contribution in [0, 0.1) is 12.8 Å². The standard InChI is InChI=1S/C25H31N3O2/c1-18-8-12-23(13-9-18)27-25(30)26-16-19-5-4-14-28(17-19)24(29)22-11-10-20-6-2-3-7-21(20)15-22/h8-13,15,19H,2-7,14,16-17H2,1H3,(H2,26,27,30). The summed E-state index contributed by atoms with van der Waals surface area (Å²) in [5.74, 6) is 0.404. The number of rotatable bonds is 4. The lowest BCUT2D eigenvalue weighted by Gasteiger charge is -2.33. The van der Waals surface area contributed by atoms with E-state index in [4.69, 9.17) is 0 Å². The molecule has 1 aliphatic heterocycles. The molecular formula is C25H31N3O2. The minimum Gasteiger partial charge on any atom is -0.338 e. The van der Waals surface area contributed by atoms with Crippen LogP contribution in [0.2, 0.25) is 0 Å². The van der Waals surface area contributed by atoms with Crippen molar-refractivity contribution in [3.8, 4) is 0 Å². The number of nitrogens with one attached hydrogen (secondary N) is 2. The second kappa shape index (κ2) is 9.33. The Morgan fingerprint density at radius 1 is 1.00 bits per heavy atom. The average molecular weight is 406 g/mol. The molecule has 30 heavy (non-hydrogen) atoms. The van der Waals surface area contributed by atoms with E-state index in [1.54, 1.807) is 0 Å². The van der Waals surface area contributed by atoms with Gasteiger partial charge in [-0.05, 0) is 86.8 Å². The van der Waals surface area contributed by atoms with Crippen LogP contribution in [0.4, 0.5) is 10.5 Å². The largest absolute Gasteiger partial charge is 0.338 e. The minimum absolute atomic E-state index is 0.122. The Kier molecular flexibility index (Phi) is 6.36. The van der Waals surface area contributed by atoms with Crippen molar-refractivity contribution in [1.29, 1.82) is 0 Å². The summed E-state index contributed by atoms with van der Waals surface area (Å²) >= 11 is 0. The predicted octanol–water partition coefficient (Wildman–Crippen LogP) is 4.55. The van der Waals surface area contributed by atoms with Crippen LogP contribution < -0.4 is 10.6 Å². The monoisotopic (exact) mass is 405 g/mol. The van der Waals surface area contributed by atoms with Crippen molar-refractivity contribution in [2.45, 2.75) is 45.4 Å². The number of fused-ring (bicyclic) bond motifs is 1. The quantitative estimate of drug-likeness (QED) is 0.784. The lowest BCUT2D eigenvalue weighted by atomic mass is 9.90. The number of likely N-dealkylation sites (tertiary alicyclic amines) is 1. The maximum Gasteiger partial charge on any atom is 0.319 e. The number of hydrogen-bond acceptors (Lipinski definition) is 2. The third-order valence-corrected chi connectivity index (χ3v) is 6.26. The van der Waals surface area contributed by atoms with Gasteiger partial charge in [-0.1, -0.05) is 23.8 Å². The second-order valence-corrected chi connectivity index (χ2v) is 8.65. The van der Waals surface area contributed by atoms with Gasteiger partial charge in [-0.2, -0.15) is 0 Å². The summed E-state index contributed by atoms with van der Waals surface area (Å²) in [6.07, 6.45) is 6.68. The van der Waals surface area contributed by atoms with E-state index in [-0.39, 0.29) is 17.9 Å². The van der Waals surface area contributed by atoms with E-state index >= 15 is 0 Å². The van der Waals surface area contributed by atoms with Gasteiger partial charge in [0, 0.05) is 30.9 Å². The zero-order chi connectivity index (χ0) is 20.9. The molecule has 1 saturated heterocycles. The molecule has 2 aliphatic rings. The van der Waals surface area contributed by atoms with E-state index < -0.39 is 0 Å². The molecule has 1 atom stereocenters. The molecule has 2 N–H and O–H groups in total. The van der Waals surface area contributed by atoms with Crippen LogP contribution >= 0.6 is 0 Å². The topological polar surface area (TPSA) is 61.4 Å². The Morgan fingerprint density at radius 2 is 1.77 bits per heavy atom. The van der Waals surface area contributed by atoms with E-state index in [1.807, 2.05) is 42.2 Å². The molecule has 0 spiro atoms. The van der Waals surface area contributed by atoms with E-state index in [9.17, 15) is 9.59 Å². The van der Waals surface area contributed by atoms with Gasteiger partial charge in [-0.25, -0.2) is 4.79 Å². The van der Waals surface area contributed by atoms with Crippen LogP contribution in [0.1, 0.15) is 52.7 Å². The molecule has 4 rings (SSSR count). The first kappa shape index (κ1) is 20.5. The number of carbonyl (C=O) groups is 2. The first-order chi connectivity index (χ1) is 14.6. The average Bonchev–Trinajstić information content (AvgIpc) is 2.78. The van der Waals surface area contributed by atoms with Crippen molar-refractivity contribution in [2.75, 3.05) is 25.0 Å². The van der Waals surface area contributed by atoms with Crippen LogP contribution in [0.3, 0.4) is 0 Å². The molecule has 3 amide bonds. The van der Waals surface area contributed by atoms with Crippen LogP contribution in [-0.4, -0.2) is 36.5 Å². The fraction of sp³-hybridized carbons (Fsp3) is 0.440. The highest BCUT2D eigenvalue weighted by molar-refractivity contribution is 5.94. The summed E-state index contributed by atoms with van der Waals surface area (Å²) in [6.45, 7) is 4.08. The molecular weight excluding hydrogens is 374 g/mol. The van der Waals surface area contributed by atoms with E-state index in [1.165, 1.54) is 24.0 Å². The maximum atomic E-state index is 13.1. The smallest absolute Gasteiger partial charge is 0.319 e. The van der Waals surface area contributed by atoms with Gasteiger partial charge < -0.3 is 15.5 Å². The molecule has 0 bridgehead atoms. The fourth-order valence-corrected chi connectivity index (χ4v) is 4.51. The predicted molar refractivity (Wildman–Crippen MR) is 120 cm³/mol. The summed E-state index contributed by atoms with van der Waals surface area (Å²) in [6, 6.07) is 13.8. The van der Waals surface area contributed by atoms with Gasteiger partial charge in [0.2, 0.25) is 0 Å². The maximum absolute atomic E-state index is 13.1. The minimum atomic E-state index is -0.197. The highest BCUT2D eigenvalue weighted by Gasteiger charge is 2.25. The number of nitrogens with zero attached hydrogens (tertiary/aromatic N) is 1. The Balaban J connectivity index is 1.30. The number of carbonyl (C=O) groups excluding carboxylic acids is 2. The van der Waals surface area contributed by atoms with Gasteiger partial charge in [0.15, 0.2) is 0 Å². The molecule has 1 aliphatic carbocycles. The fourth-order valence-electron chi connectivity index (χ4n) is 4.51. The van der Waals surface area contributed by atoms with Crippen LogP contribution in [0.15, 0.2) is 42.5 Å². The number of urea groups is 1. The molecule has 5 heteroatoms. The summed E-state index contributed by atoms with van der Waals surface area (Å²) in [7, 11) is 0. The summed E-state index contributed by atoms with van der Waals surface area (Å²) < 4.78 is 0. The van der Waals surface area contributed by atoms with Crippen molar-refractivity contribution in [2.24, 2.45) is 5.92 Å². The highest BCUT2D eigenvalue weighted by atomic mass is 16.2. The van der Waals surface area contributed by atoms with Gasteiger partial charge in [-0.3, -0.25) is 4.79 Å². The molecule has 1 fully saturated rings. The molecule has 2 aromatic rings. The summed E-state index contributed by atoms with van der Waals surface area (Å²) in [4.78, 5) is 27.2. The van der Waals surface area contributed by atoms with Crippen molar-refractivity contribution in [3.05, 3.63) is 64.7 Å². The molecule has 1 heterocycles. The Labute approximate surface area is 178 Å². The number of piperidine rings is 1. The number of amides is 3. The van der Waals surface area contributed by atoms with Gasteiger partial charge in [-0.15, -0.1) is 0 Å². The summed E-state index contributed by atoms with van der Waals surface area (Å²) in [5, 5.41) is 5.83. The number of benzene rings is 2. The zero-order valence-electron chi connectivity index (χ0n) is 17.7. The molecule has 0 aromatic heterocycles. The van der Waals surface area contributed by atoms with E-state index in [0.717, 1.165) is 49.0 Å². The Morgan fingerprint density at radius 3 is 2.57 bits per heavy atom. The normalized spacial score (nSPS) is 18.4. The van der Waals surface area contributed by atoms with Gasteiger partial charge in [0.1, 0.15) is 0 Å². The SMILES string of the molecule is Cc1ccc(NC(=O)NCC2CCCN(C(=O)c3ccc4c(c3)CCCC4)C2)cc1. The first-order valence-electron chi connectivity index (χ1n) is 11.1. The van der Waals surface area contributed by atoms with Gasteiger partial charge in [0.05, 0.1) is 0 Å². The highest BCUT2D eigenvalue weighted by Crippen LogP contribution is 2.24. The number of hydrogen-bond donors (Lipinski definition) is 2. The van der Waals surface area contributed by atoms with Crippen LogP contribution in [-0.2, 0) is 12.8 Å². The summed E-state index contributed by atoms with van der Waals surface area (Å²) in [5.41, 5.74) is 5.49. The van der Waals surface area contributed by atoms with Crippen molar-refractivity contribution < 1.29 is 9.59 Å². The molecule has 0 radical (unpaired) electrons. The van der Waals surface area contributed by atoms with Crippen molar-refractivity contribution in [3.63, 3.8) is 0 Å². The molecule has 5 nitrogen and oxygen atoms in total. The van der Waals surface area contributed by atoms with E-state index in [2.05, 4.69) is 22.8 Å². The van der Waals surface area contributed by atoms with E-state index in [0.29, 0.717) is 13.1 Å². The molecule has 0 saturated carbocycles. The molecule has 158 valence electrons. The Bertz CT molecular complexity index is 907.